The Morgan fingerprint density at radius 3 is 2.70 bits per heavy atom. The first-order valence-corrected chi connectivity index (χ1v) is 10.7. The standard InChI is InChI=1S/C26H22FN3O3/c1-15-26(32)30-22-14-18(10-12-23(22)33-15)28-24(31)13-11-20-19-4-2-3-5-21(19)29-25(20)16-6-8-17(27)9-7-16/h2-10,12,14-15,29H,11,13H2,1H3,(H,28,31)(H,30,32). The van der Waals surface area contributed by atoms with Crippen molar-refractivity contribution >= 4 is 34.1 Å². The van der Waals surface area contributed by atoms with Crippen LogP contribution >= 0.6 is 0 Å². The van der Waals surface area contributed by atoms with Crippen molar-refractivity contribution in [2.45, 2.75) is 25.9 Å². The summed E-state index contributed by atoms with van der Waals surface area (Å²) >= 11 is 0. The average molecular weight is 443 g/mol. The highest BCUT2D eigenvalue weighted by Gasteiger charge is 2.23. The van der Waals surface area contributed by atoms with E-state index in [2.05, 4.69) is 15.6 Å². The van der Waals surface area contributed by atoms with Crippen molar-refractivity contribution in [2.75, 3.05) is 10.6 Å². The van der Waals surface area contributed by atoms with Gasteiger partial charge in [-0.3, -0.25) is 9.59 Å². The van der Waals surface area contributed by atoms with E-state index in [0.29, 0.717) is 23.5 Å². The molecule has 0 radical (unpaired) electrons. The largest absolute Gasteiger partial charge is 0.479 e. The number of ether oxygens (including phenoxy) is 1. The molecule has 0 saturated carbocycles. The Labute approximate surface area is 189 Å². The molecule has 0 aliphatic carbocycles. The lowest BCUT2D eigenvalue weighted by atomic mass is 10.0. The number of amides is 2. The summed E-state index contributed by atoms with van der Waals surface area (Å²) in [5, 5.41) is 6.71. The number of fused-ring (bicyclic) bond motifs is 2. The zero-order valence-electron chi connectivity index (χ0n) is 17.9. The Kier molecular flexibility index (Phi) is 5.30. The summed E-state index contributed by atoms with van der Waals surface area (Å²) in [6, 6.07) is 19.4. The average Bonchev–Trinajstić information content (AvgIpc) is 3.18. The predicted molar refractivity (Wildman–Crippen MR) is 126 cm³/mol. The molecule has 3 N–H and O–H groups in total. The zero-order chi connectivity index (χ0) is 22.9. The summed E-state index contributed by atoms with van der Waals surface area (Å²) in [7, 11) is 0. The summed E-state index contributed by atoms with van der Waals surface area (Å²) in [6.45, 7) is 1.68. The lowest BCUT2D eigenvalue weighted by Gasteiger charge is -2.23. The van der Waals surface area contributed by atoms with Gasteiger partial charge >= 0.3 is 0 Å². The summed E-state index contributed by atoms with van der Waals surface area (Å²) in [4.78, 5) is 28.0. The highest BCUT2D eigenvalue weighted by molar-refractivity contribution is 5.99. The molecule has 5 rings (SSSR count). The smallest absolute Gasteiger partial charge is 0.265 e. The number of nitrogens with one attached hydrogen (secondary N) is 3. The van der Waals surface area contributed by atoms with Gasteiger partial charge in [-0.2, -0.15) is 0 Å². The van der Waals surface area contributed by atoms with Crippen LogP contribution in [0.15, 0.2) is 66.7 Å². The molecule has 4 aromatic rings. The van der Waals surface area contributed by atoms with E-state index in [-0.39, 0.29) is 24.1 Å². The van der Waals surface area contributed by atoms with E-state index in [1.54, 1.807) is 37.3 Å². The molecule has 2 amide bonds. The topological polar surface area (TPSA) is 83.2 Å². The van der Waals surface area contributed by atoms with Crippen LogP contribution in [0, 0.1) is 5.82 Å². The van der Waals surface area contributed by atoms with Crippen LogP contribution in [0.4, 0.5) is 15.8 Å². The van der Waals surface area contributed by atoms with Crippen LogP contribution in [-0.4, -0.2) is 22.9 Å². The van der Waals surface area contributed by atoms with Crippen molar-refractivity contribution in [1.29, 1.82) is 0 Å². The molecule has 0 fully saturated rings. The first-order chi connectivity index (χ1) is 16.0. The highest BCUT2D eigenvalue weighted by Crippen LogP contribution is 2.33. The molecule has 33 heavy (non-hydrogen) atoms. The van der Waals surface area contributed by atoms with E-state index in [1.807, 2.05) is 24.3 Å². The lowest BCUT2D eigenvalue weighted by molar-refractivity contribution is -0.122. The van der Waals surface area contributed by atoms with Gasteiger partial charge in [0, 0.05) is 28.7 Å². The Morgan fingerprint density at radius 1 is 1.09 bits per heavy atom. The van der Waals surface area contributed by atoms with Gasteiger partial charge in [-0.15, -0.1) is 0 Å². The number of hydrogen-bond donors (Lipinski definition) is 3. The Morgan fingerprint density at radius 2 is 1.88 bits per heavy atom. The Balaban J connectivity index is 1.34. The maximum absolute atomic E-state index is 13.4. The molecule has 1 unspecified atom stereocenters. The number of halogens is 1. The SMILES string of the molecule is CC1Oc2ccc(NC(=O)CCc3c(-c4ccc(F)cc4)[nH]c4ccccc34)cc2NC1=O. The van der Waals surface area contributed by atoms with E-state index < -0.39 is 6.10 Å². The summed E-state index contributed by atoms with van der Waals surface area (Å²) < 4.78 is 19.0. The molecule has 1 aromatic heterocycles. The van der Waals surface area contributed by atoms with Gasteiger partial charge in [0.2, 0.25) is 5.91 Å². The van der Waals surface area contributed by atoms with Crippen LogP contribution in [0.25, 0.3) is 22.2 Å². The van der Waals surface area contributed by atoms with Crippen LogP contribution in [0.1, 0.15) is 18.9 Å². The van der Waals surface area contributed by atoms with Gasteiger partial charge in [-0.1, -0.05) is 18.2 Å². The van der Waals surface area contributed by atoms with E-state index >= 15 is 0 Å². The summed E-state index contributed by atoms with van der Waals surface area (Å²) in [5.74, 6) is -0.0972. The van der Waals surface area contributed by atoms with E-state index in [1.165, 1.54) is 12.1 Å². The number of para-hydroxylation sites is 1. The molecule has 0 saturated heterocycles. The molecule has 6 nitrogen and oxygen atoms in total. The second kappa shape index (κ2) is 8.43. The fourth-order valence-electron chi connectivity index (χ4n) is 4.07. The molecule has 7 heteroatoms. The van der Waals surface area contributed by atoms with Crippen molar-refractivity contribution in [3.8, 4) is 17.0 Å². The van der Waals surface area contributed by atoms with Gasteiger partial charge in [-0.25, -0.2) is 4.39 Å². The predicted octanol–water partition coefficient (Wildman–Crippen LogP) is 5.26. The van der Waals surface area contributed by atoms with Crippen molar-refractivity contribution in [3.63, 3.8) is 0 Å². The fourth-order valence-corrected chi connectivity index (χ4v) is 4.07. The Hall–Kier alpha value is -4.13. The second-order valence-electron chi connectivity index (χ2n) is 8.04. The van der Waals surface area contributed by atoms with Crippen molar-refractivity contribution in [1.82, 2.24) is 4.98 Å². The number of H-pyrrole nitrogens is 1. The van der Waals surface area contributed by atoms with Gasteiger partial charge in [0.05, 0.1) is 5.69 Å². The van der Waals surface area contributed by atoms with Gasteiger partial charge < -0.3 is 20.4 Å². The van der Waals surface area contributed by atoms with Crippen molar-refractivity contribution < 1.29 is 18.7 Å². The minimum atomic E-state index is -0.551. The number of anilines is 2. The van der Waals surface area contributed by atoms with Crippen molar-refractivity contribution in [3.05, 3.63) is 78.1 Å². The minimum absolute atomic E-state index is 0.151. The second-order valence-corrected chi connectivity index (χ2v) is 8.04. The van der Waals surface area contributed by atoms with Crippen LogP contribution in [0.3, 0.4) is 0 Å². The first kappa shape index (κ1) is 20.8. The third-order valence-corrected chi connectivity index (χ3v) is 5.74. The third kappa shape index (κ3) is 4.17. The maximum Gasteiger partial charge on any atom is 0.265 e. The molecule has 2 heterocycles. The number of aromatic amines is 1. The van der Waals surface area contributed by atoms with Crippen LogP contribution < -0.4 is 15.4 Å². The minimum Gasteiger partial charge on any atom is -0.479 e. The number of carbonyl (C=O) groups is 2. The molecule has 1 atom stereocenters. The summed E-state index contributed by atoms with van der Waals surface area (Å²) in [5.41, 5.74) is 4.83. The number of rotatable bonds is 5. The number of hydrogen-bond acceptors (Lipinski definition) is 3. The molecule has 0 bridgehead atoms. The third-order valence-electron chi connectivity index (χ3n) is 5.74. The number of aryl methyl sites for hydroxylation is 1. The van der Waals surface area contributed by atoms with Gasteiger partial charge in [0.15, 0.2) is 6.10 Å². The normalized spacial score (nSPS) is 15.0. The molecule has 3 aromatic carbocycles. The monoisotopic (exact) mass is 443 g/mol. The Bertz CT molecular complexity index is 1360. The molecule has 1 aliphatic rings. The molecule has 166 valence electrons. The van der Waals surface area contributed by atoms with E-state index in [4.69, 9.17) is 4.74 Å². The van der Waals surface area contributed by atoms with Crippen LogP contribution in [0.2, 0.25) is 0 Å². The zero-order valence-corrected chi connectivity index (χ0v) is 17.9. The lowest BCUT2D eigenvalue weighted by Crippen LogP contribution is -2.34. The van der Waals surface area contributed by atoms with Crippen LogP contribution in [-0.2, 0) is 16.0 Å². The first-order valence-electron chi connectivity index (χ1n) is 10.7. The van der Waals surface area contributed by atoms with Crippen LogP contribution in [0.5, 0.6) is 5.75 Å². The molecule has 0 spiro atoms. The highest BCUT2D eigenvalue weighted by atomic mass is 19.1. The van der Waals surface area contributed by atoms with E-state index in [9.17, 15) is 14.0 Å². The van der Waals surface area contributed by atoms with Gasteiger partial charge in [0.1, 0.15) is 11.6 Å². The fraction of sp³-hybridized carbons (Fsp3) is 0.154. The number of carbonyl (C=O) groups excluding carboxylic acids is 2. The van der Waals surface area contributed by atoms with Gasteiger partial charge in [0.25, 0.3) is 5.91 Å². The summed E-state index contributed by atoms with van der Waals surface area (Å²) in [6.07, 6.45) is 0.210. The molecular formula is C26H22FN3O3. The van der Waals surface area contributed by atoms with Crippen molar-refractivity contribution in [2.24, 2.45) is 0 Å². The molecular weight excluding hydrogens is 421 g/mol. The van der Waals surface area contributed by atoms with Gasteiger partial charge in [-0.05, 0) is 73.0 Å². The van der Waals surface area contributed by atoms with E-state index in [0.717, 1.165) is 27.7 Å². The quantitative estimate of drug-likeness (QED) is 0.393. The number of benzene rings is 3. The molecule has 1 aliphatic heterocycles. The maximum atomic E-state index is 13.4. The number of aromatic nitrogens is 1.